The highest BCUT2D eigenvalue weighted by Crippen LogP contribution is 2.38. The van der Waals surface area contributed by atoms with Crippen molar-refractivity contribution < 1.29 is 4.74 Å². The highest BCUT2D eigenvalue weighted by Gasteiger charge is 2.38. The Labute approximate surface area is 112 Å². The standard InChI is InChI=1S/C15H30N2O/c1-2-4-14-5-7-15(13-16,8-6-14)17-9-3-11-18-12-10-17/h14H,2-13,16H2,1H3. The van der Waals surface area contributed by atoms with Crippen molar-refractivity contribution in [3.05, 3.63) is 0 Å². The molecule has 0 bridgehead atoms. The van der Waals surface area contributed by atoms with Gasteiger partial charge in [0, 0.05) is 31.8 Å². The summed E-state index contributed by atoms with van der Waals surface area (Å²) in [5, 5.41) is 0. The Morgan fingerprint density at radius 1 is 1.22 bits per heavy atom. The number of nitrogens with zero attached hydrogens (tertiary/aromatic N) is 1. The molecule has 18 heavy (non-hydrogen) atoms. The van der Waals surface area contributed by atoms with Crippen molar-refractivity contribution in [3.8, 4) is 0 Å². The van der Waals surface area contributed by atoms with Gasteiger partial charge in [0.05, 0.1) is 6.61 Å². The second-order valence-electron chi connectivity index (χ2n) is 6.11. The number of rotatable bonds is 4. The molecule has 2 N–H and O–H groups in total. The number of nitrogens with two attached hydrogens (primary N) is 1. The average Bonchev–Trinajstić information content (AvgIpc) is 2.70. The molecule has 0 radical (unpaired) electrons. The highest BCUT2D eigenvalue weighted by atomic mass is 16.5. The molecule has 1 saturated heterocycles. The summed E-state index contributed by atoms with van der Waals surface area (Å²) in [6.45, 7) is 7.20. The zero-order chi connectivity index (χ0) is 12.8. The first-order valence-electron chi connectivity index (χ1n) is 7.83. The predicted molar refractivity (Wildman–Crippen MR) is 75.7 cm³/mol. The highest BCUT2D eigenvalue weighted by molar-refractivity contribution is 4.96. The van der Waals surface area contributed by atoms with Gasteiger partial charge < -0.3 is 10.5 Å². The molecular formula is C15H30N2O. The van der Waals surface area contributed by atoms with Gasteiger partial charge in [-0.05, 0) is 38.0 Å². The first-order chi connectivity index (χ1) is 8.80. The maximum atomic E-state index is 6.16. The van der Waals surface area contributed by atoms with Crippen LogP contribution in [-0.2, 0) is 4.74 Å². The zero-order valence-corrected chi connectivity index (χ0v) is 12.0. The van der Waals surface area contributed by atoms with E-state index in [1.54, 1.807) is 0 Å². The van der Waals surface area contributed by atoms with E-state index in [0.29, 0.717) is 0 Å². The lowest BCUT2D eigenvalue weighted by Gasteiger charge is -2.47. The summed E-state index contributed by atoms with van der Waals surface area (Å²) in [4.78, 5) is 2.64. The molecule has 0 aromatic carbocycles. The Bertz CT molecular complexity index is 229. The van der Waals surface area contributed by atoms with Gasteiger partial charge in [0.1, 0.15) is 0 Å². The van der Waals surface area contributed by atoms with Gasteiger partial charge in [-0.2, -0.15) is 0 Å². The second kappa shape index (κ2) is 6.88. The monoisotopic (exact) mass is 254 g/mol. The maximum absolute atomic E-state index is 6.16. The molecular weight excluding hydrogens is 224 g/mol. The van der Waals surface area contributed by atoms with Crippen LogP contribution < -0.4 is 5.73 Å². The molecule has 0 spiro atoms. The molecule has 0 aromatic rings. The molecule has 0 aromatic heterocycles. The summed E-state index contributed by atoms with van der Waals surface area (Å²) >= 11 is 0. The van der Waals surface area contributed by atoms with Gasteiger partial charge in [0.25, 0.3) is 0 Å². The molecule has 1 saturated carbocycles. The minimum absolute atomic E-state index is 0.290. The molecule has 2 rings (SSSR count). The predicted octanol–water partition coefficient (Wildman–Crippen LogP) is 2.40. The van der Waals surface area contributed by atoms with Gasteiger partial charge >= 0.3 is 0 Å². The van der Waals surface area contributed by atoms with E-state index in [2.05, 4.69) is 11.8 Å². The fourth-order valence-electron chi connectivity index (χ4n) is 3.78. The van der Waals surface area contributed by atoms with E-state index in [-0.39, 0.29) is 5.54 Å². The lowest BCUT2D eigenvalue weighted by atomic mass is 9.74. The SMILES string of the molecule is CCCC1CCC(CN)(N2CCCOCC2)CC1. The van der Waals surface area contributed by atoms with E-state index >= 15 is 0 Å². The largest absolute Gasteiger partial charge is 0.380 e. The molecule has 0 unspecified atom stereocenters. The number of hydrogen-bond acceptors (Lipinski definition) is 3. The van der Waals surface area contributed by atoms with Crippen LogP contribution in [0.1, 0.15) is 51.9 Å². The van der Waals surface area contributed by atoms with E-state index in [1.807, 2.05) is 0 Å². The minimum Gasteiger partial charge on any atom is -0.380 e. The Morgan fingerprint density at radius 2 is 2.00 bits per heavy atom. The molecule has 0 atom stereocenters. The molecule has 2 aliphatic rings. The van der Waals surface area contributed by atoms with Crippen LogP contribution in [0.5, 0.6) is 0 Å². The first-order valence-corrected chi connectivity index (χ1v) is 7.83. The maximum Gasteiger partial charge on any atom is 0.0593 e. The average molecular weight is 254 g/mol. The van der Waals surface area contributed by atoms with Crippen LogP contribution in [0.2, 0.25) is 0 Å². The van der Waals surface area contributed by atoms with E-state index in [1.165, 1.54) is 51.5 Å². The van der Waals surface area contributed by atoms with Crippen molar-refractivity contribution in [1.29, 1.82) is 0 Å². The third kappa shape index (κ3) is 3.25. The molecule has 1 heterocycles. The molecule has 3 nitrogen and oxygen atoms in total. The van der Waals surface area contributed by atoms with E-state index in [0.717, 1.165) is 32.2 Å². The fourth-order valence-corrected chi connectivity index (χ4v) is 3.78. The lowest BCUT2D eigenvalue weighted by Crippen LogP contribution is -2.56. The zero-order valence-electron chi connectivity index (χ0n) is 12.0. The van der Waals surface area contributed by atoms with Gasteiger partial charge in [-0.3, -0.25) is 4.90 Å². The van der Waals surface area contributed by atoms with Crippen LogP contribution in [0.25, 0.3) is 0 Å². The summed E-state index contributed by atoms with van der Waals surface area (Å²) in [5.74, 6) is 0.956. The van der Waals surface area contributed by atoms with Gasteiger partial charge in [-0.25, -0.2) is 0 Å². The lowest BCUT2D eigenvalue weighted by molar-refractivity contribution is 0.0374. The Balaban J connectivity index is 1.94. The molecule has 0 amide bonds. The van der Waals surface area contributed by atoms with Crippen LogP contribution in [0, 0.1) is 5.92 Å². The normalized spacial score (nSPS) is 35.3. The van der Waals surface area contributed by atoms with Crippen molar-refractivity contribution >= 4 is 0 Å². The third-order valence-corrected chi connectivity index (χ3v) is 5.01. The topological polar surface area (TPSA) is 38.5 Å². The van der Waals surface area contributed by atoms with Crippen molar-refractivity contribution in [2.24, 2.45) is 11.7 Å². The van der Waals surface area contributed by atoms with Gasteiger partial charge in [-0.1, -0.05) is 19.8 Å². The molecule has 3 heteroatoms. The Kier molecular flexibility index (Phi) is 5.46. The fraction of sp³-hybridized carbons (Fsp3) is 1.00. The van der Waals surface area contributed by atoms with Crippen molar-refractivity contribution in [2.75, 3.05) is 32.8 Å². The Hall–Kier alpha value is -0.120. The first kappa shape index (κ1) is 14.3. The molecule has 1 aliphatic heterocycles. The minimum atomic E-state index is 0.290. The van der Waals surface area contributed by atoms with E-state index in [9.17, 15) is 0 Å². The van der Waals surface area contributed by atoms with Crippen LogP contribution in [0.4, 0.5) is 0 Å². The number of ether oxygens (including phenoxy) is 1. The molecule has 1 aliphatic carbocycles. The summed E-state index contributed by atoms with van der Waals surface area (Å²) in [7, 11) is 0. The second-order valence-corrected chi connectivity index (χ2v) is 6.11. The Morgan fingerprint density at radius 3 is 2.67 bits per heavy atom. The van der Waals surface area contributed by atoms with Crippen LogP contribution in [-0.4, -0.2) is 43.3 Å². The van der Waals surface area contributed by atoms with Crippen molar-refractivity contribution in [3.63, 3.8) is 0 Å². The van der Waals surface area contributed by atoms with Crippen LogP contribution in [0.3, 0.4) is 0 Å². The summed E-state index contributed by atoms with van der Waals surface area (Å²) in [6.07, 6.45) is 9.26. The quantitative estimate of drug-likeness (QED) is 0.837. The van der Waals surface area contributed by atoms with Crippen molar-refractivity contribution in [2.45, 2.75) is 57.4 Å². The smallest absolute Gasteiger partial charge is 0.0593 e. The summed E-state index contributed by atoms with van der Waals surface area (Å²) in [5.41, 5.74) is 6.45. The van der Waals surface area contributed by atoms with E-state index < -0.39 is 0 Å². The van der Waals surface area contributed by atoms with E-state index in [4.69, 9.17) is 10.5 Å². The summed E-state index contributed by atoms with van der Waals surface area (Å²) < 4.78 is 5.58. The van der Waals surface area contributed by atoms with Gasteiger partial charge in [0.15, 0.2) is 0 Å². The summed E-state index contributed by atoms with van der Waals surface area (Å²) in [6, 6.07) is 0. The van der Waals surface area contributed by atoms with Crippen molar-refractivity contribution in [1.82, 2.24) is 4.90 Å². The number of hydrogen-bond donors (Lipinski definition) is 1. The van der Waals surface area contributed by atoms with Gasteiger partial charge in [0.2, 0.25) is 0 Å². The van der Waals surface area contributed by atoms with Crippen LogP contribution in [0.15, 0.2) is 0 Å². The van der Waals surface area contributed by atoms with Gasteiger partial charge in [-0.15, -0.1) is 0 Å². The third-order valence-electron chi connectivity index (χ3n) is 5.01. The molecule has 106 valence electrons. The van der Waals surface area contributed by atoms with Crippen LogP contribution >= 0.6 is 0 Å². The molecule has 2 fully saturated rings.